The number of amides is 1. The Kier molecular flexibility index (Phi) is 4.23. The van der Waals surface area contributed by atoms with E-state index in [0.29, 0.717) is 11.4 Å². The highest BCUT2D eigenvalue weighted by atomic mass is 16.5. The van der Waals surface area contributed by atoms with E-state index in [1.807, 2.05) is 18.2 Å². The Morgan fingerprint density at radius 3 is 3.00 bits per heavy atom. The van der Waals surface area contributed by atoms with Crippen molar-refractivity contribution in [3.63, 3.8) is 0 Å². The fraction of sp³-hybridized carbons (Fsp3) is 0.263. The number of aromatic nitrogens is 3. The summed E-state index contributed by atoms with van der Waals surface area (Å²) in [6.45, 7) is 1.51. The van der Waals surface area contributed by atoms with Gasteiger partial charge in [-0.2, -0.15) is 0 Å². The third-order valence-electron chi connectivity index (χ3n) is 4.62. The molecule has 2 aromatic heterocycles. The zero-order valence-electron chi connectivity index (χ0n) is 14.7. The van der Waals surface area contributed by atoms with Crippen LogP contribution < -0.4 is 10.1 Å². The van der Waals surface area contributed by atoms with Gasteiger partial charge in [-0.3, -0.25) is 4.79 Å². The first-order chi connectivity index (χ1) is 13.0. The van der Waals surface area contributed by atoms with Crippen molar-refractivity contribution in [2.75, 3.05) is 0 Å². The third kappa shape index (κ3) is 3.33. The molecule has 1 aliphatic carbocycles. The number of carbonyl (C=O) groups is 2. The molecule has 0 fully saturated rings. The van der Waals surface area contributed by atoms with Gasteiger partial charge in [0.1, 0.15) is 16.8 Å². The van der Waals surface area contributed by atoms with Crippen molar-refractivity contribution in [2.24, 2.45) is 0 Å². The molecule has 0 spiro atoms. The number of aryl methyl sites for hydroxylation is 1. The molecule has 0 saturated carbocycles. The maximum atomic E-state index is 11.5. The minimum atomic E-state index is -1.08. The minimum absolute atomic E-state index is 0.0355. The smallest absolute Gasteiger partial charge is 0.339 e. The molecule has 1 aliphatic rings. The second kappa shape index (κ2) is 6.71. The molecular formula is C19H18N4O4. The predicted octanol–water partition coefficient (Wildman–Crippen LogP) is 2.96. The van der Waals surface area contributed by atoms with Crippen LogP contribution in [0.2, 0.25) is 0 Å². The van der Waals surface area contributed by atoms with Crippen LogP contribution in [0.5, 0.6) is 11.6 Å². The lowest BCUT2D eigenvalue weighted by atomic mass is 9.87. The molecule has 1 atom stereocenters. The lowest BCUT2D eigenvalue weighted by Crippen LogP contribution is -2.28. The number of aromatic amines is 1. The number of ether oxygens (including phenoxy) is 1. The largest absolute Gasteiger partial charge is 0.478 e. The van der Waals surface area contributed by atoms with E-state index < -0.39 is 5.97 Å². The molecule has 8 nitrogen and oxygen atoms in total. The van der Waals surface area contributed by atoms with Gasteiger partial charge >= 0.3 is 5.97 Å². The standard InChI is InChI=1S/C19H18N4O4/c1-10(24)22-15-4-2-3-11-5-6-12(7-13(11)15)27-16-9-21-18-17(23-16)14(8-20-18)19(25)26/h5-9,15H,2-4H2,1H3,(H,20,21)(H,22,24)(H,25,26). The maximum Gasteiger partial charge on any atom is 0.339 e. The lowest BCUT2D eigenvalue weighted by Gasteiger charge is -2.26. The molecule has 0 radical (unpaired) electrons. The van der Waals surface area contributed by atoms with Gasteiger partial charge in [0, 0.05) is 13.1 Å². The van der Waals surface area contributed by atoms with Crippen molar-refractivity contribution in [3.8, 4) is 11.6 Å². The number of carboxylic acid groups (broad SMARTS) is 1. The first kappa shape index (κ1) is 17.0. The molecule has 0 aliphatic heterocycles. The summed E-state index contributed by atoms with van der Waals surface area (Å²) >= 11 is 0. The van der Waals surface area contributed by atoms with Gasteiger partial charge in [0.15, 0.2) is 5.65 Å². The zero-order valence-corrected chi connectivity index (χ0v) is 14.7. The number of hydrogen-bond donors (Lipinski definition) is 3. The topological polar surface area (TPSA) is 117 Å². The number of benzene rings is 1. The summed E-state index contributed by atoms with van der Waals surface area (Å²) in [5.41, 5.74) is 2.90. The van der Waals surface area contributed by atoms with E-state index in [1.165, 1.54) is 24.9 Å². The first-order valence-electron chi connectivity index (χ1n) is 8.66. The number of hydrogen-bond acceptors (Lipinski definition) is 5. The molecule has 1 amide bonds. The molecule has 3 N–H and O–H groups in total. The number of H-pyrrole nitrogens is 1. The van der Waals surface area contributed by atoms with Crippen LogP contribution in [0, 0.1) is 0 Å². The minimum Gasteiger partial charge on any atom is -0.478 e. The van der Waals surface area contributed by atoms with Gasteiger partial charge in [-0.15, -0.1) is 0 Å². The Morgan fingerprint density at radius 2 is 2.22 bits per heavy atom. The Hall–Kier alpha value is -3.42. The summed E-state index contributed by atoms with van der Waals surface area (Å²) in [6.07, 6.45) is 5.66. The van der Waals surface area contributed by atoms with Crippen molar-refractivity contribution in [1.82, 2.24) is 20.3 Å². The summed E-state index contributed by atoms with van der Waals surface area (Å²) in [5, 5.41) is 12.2. The number of rotatable bonds is 4. The molecule has 3 aromatic rings. The number of carboxylic acids is 1. The van der Waals surface area contributed by atoms with Crippen LogP contribution in [0.4, 0.5) is 0 Å². The molecule has 1 unspecified atom stereocenters. The zero-order chi connectivity index (χ0) is 19.0. The van der Waals surface area contributed by atoms with Crippen molar-refractivity contribution < 1.29 is 19.4 Å². The Morgan fingerprint density at radius 1 is 1.37 bits per heavy atom. The highest BCUT2D eigenvalue weighted by molar-refractivity contribution is 6.00. The number of nitrogens with zero attached hydrogens (tertiary/aromatic N) is 2. The Bertz CT molecular complexity index is 1040. The van der Waals surface area contributed by atoms with Crippen molar-refractivity contribution in [2.45, 2.75) is 32.2 Å². The Balaban J connectivity index is 1.65. The summed E-state index contributed by atoms with van der Waals surface area (Å²) in [5.74, 6) is -0.382. The van der Waals surface area contributed by atoms with E-state index in [0.717, 1.165) is 24.8 Å². The Labute approximate surface area is 154 Å². The van der Waals surface area contributed by atoms with E-state index in [1.54, 1.807) is 0 Å². The predicted molar refractivity (Wildman–Crippen MR) is 96.9 cm³/mol. The molecule has 0 saturated heterocycles. The first-order valence-corrected chi connectivity index (χ1v) is 8.66. The summed E-state index contributed by atoms with van der Waals surface area (Å²) < 4.78 is 5.82. The average Bonchev–Trinajstić information content (AvgIpc) is 3.05. The van der Waals surface area contributed by atoms with Gasteiger partial charge in [-0.05, 0) is 42.5 Å². The monoisotopic (exact) mass is 366 g/mol. The summed E-state index contributed by atoms with van der Waals surface area (Å²) in [7, 11) is 0. The van der Waals surface area contributed by atoms with Crippen LogP contribution >= 0.6 is 0 Å². The van der Waals surface area contributed by atoms with E-state index in [4.69, 9.17) is 4.74 Å². The number of aromatic carboxylic acids is 1. The summed E-state index contributed by atoms with van der Waals surface area (Å²) in [4.78, 5) is 33.9. The molecule has 8 heteroatoms. The van der Waals surface area contributed by atoms with Gasteiger partial charge in [0.25, 0.3) is 0 Å². The van der Waals surface area contributed by atoms with Gasteiger partial charge in [-0.1, -0.05) is 6.07 Å². The molecule has 138 valence electrons. The highest BCUT2D eigenvalue weighted by Gasteiger charge is 2.22. The van der Waals surface area contributed by atoms with E-state index >= 15 is 0 Å². The van der Waals surface area contributed by atoms with Crippen LogP contribution in [0.15, 0.2) is 30.6 Å². The van der Waals surface area contributed by atoms with Crippen molar-refractivity contribution in [1.29, 1.82) is 0 Å². The van der Waals surface area contributed by atoms with Gasteiger partial charge < -0.3 is 20.1 Å². The molecule has 1 aromatic carbocycles. The van der Waals surface area contributed by atoms with Crippen molar-refractivity contribution in [3.05, 3.63) is 47.3 Å². The van der Waals surface area contributed by atoms with E-state index in [9.17, 15) is 14.7 Å². The SMILES string of the molecule is CC(=O)NC1CCCc2ccc(Oc3cnc4[nH]cc(C(=O)O)c4n3)cc21. The van der Waals surface area contributed by atoms with Gasteiger partial charge in [0.2, 0.25) is 11.8 Å². The fourth-order valence-electron chi connectivity index (χ4n) is 3.44. The van der Waals surface area contributed by atoms with Crippen LogP contribution in [0.1, 0.15) is 47.3 Å². The fourth-order valence-corrected chi connectivity index (χ4v) is 3.44. The molecular weight excluding hydrogens is 348 g/mol. The van der Waals surface area contributed by atoms with E-state index in [-0.39, 0.29) is 28.9 Å². The number of nitrogens with one attached hydrogen (secondary N) is 2. The van der Waals surface area contributed by atoms with Crippen LogP contribution in [0.25, 0.3) is 11.2 Å². The third-order valence-corrected chi connectivity index (χ3v) is 4.62. The van der Waals surface area contributed by atoms with Crippen LogP contribution in [0.3, 0.4) is 0 Å². The maximum absolute atomic E-state index is 11.5. The normalized spacial score (nSPS) is 16.0. The average molecular weight is 366 g/mol. The number of carbonyl (C=O) groups excluding carboxylic acids is 1. The second-order valence-electron chi connectivity index (χ2n) is 6.52. The van der Waals surface area contributed by atoms with Gasteiger partial charge in [0.05, 0.1) is 12.2 Å². The van der Waals surface area contributed by atoms with Gasteiger partial charge in [-0.25, -0.2) is 14.8 Å². The molecule has 0 bridgehead atoms. The van der Waals surface area contributed by atoms with Crippen molar-refractivity contribution >= 4 is 23.0 Å². The molecule has 4 rings (SSSR count). The quantitative estimate of drug-likeness (QED) is 0.653. The second-order valence-corrected chi connectivity index (χ2v) is 6.52. The molecule has 27 heavy (non-hydrogen) atoms. The summed E-state index contributed by atoms with van der Waals surface area (Å²) in [6, 6.07) is 5.70. The van der Waals surface area contributed by atoms with Crippen LogP contribution in [-0.4, -0.2) is 31.9 Å². The lowest BCUT2D eigenvalue weighted by molar-refractivity contribution is -0.119. The van der Waals surface area contributed by atoms with E-state index in [2.05, 4.69) is 20.3 Å². The highest BCUT2D eigenvalue weighted by Crippen LogP contribution is 2.33. The molecule has 2 heterocycles. The van der Waals surface area contributed by atoms with Crippen LogP contribution in [-0.2, 0) is 11.2 Å². The number of fused-ring (bicyclic) bond motifs is 2.